The highest BCUT2D eigenvalue weighted by atomic mass is 19.1. The Labute approximate surface area is 275 Å². The van der Waals surface area contributed by atoms with Gasteiger partial charge in [0, 0.05) is 81.5 Å². The Morgan fingerprint density at radius 1 is 1.00 bits per heavy atom. The van der Waals surface area contributed by atoms with Crippen molar-refractivity contribution < 1.29 is 14.3 Å². The molecule has 2 aliphatic heterocycles. The fourth-order valence-electron chi connectivity index (χ4n) is 7.61. The van der Waals surface area contributed by atoms with Gasteiger partial charge in [-0.1, -0.05) is 0 Å². The van der Waals surface area contributed by atoms with E-state index >= 15 is 4.39 Å². The van der Waals surface area contributed by atoms with Crippen LogP contribution in [-0.2, 0) is 7.05 Å². The van der Waals surface area contributed by atoms with E-state index < -0.39 is 17.3 Å². The molecule has 2 N–H and O–H groups in total. The van der Waals surface area contributed by atoms with Gasteiger partial charge in [-0.15, -0.1) is 0 Å². The standard InChI is InChI=1S/C35H46FN9O2/c1-23-28(22-38-42(23)4)32-31(36)27(9-14-37-32)33(46)40-34-39-29-21-26(5-6-30(29)45(34)25-7-12-35(2,47)13-8-25)43-15-10-24(11-16-43)44-19-17-41(3)18-20-44/h5-6,9,14,21-22,24-25,47H,7-8,10-13,15-20H2,1-4H3,(H,39,40,46)/t25-,35+. The second kappa shape index (κ2) is 12.6. The minimum atomic E-state index is -0.708. The lowest BCUT2D eigenvalue weighted by atomic mass is 9.83. The molecule has 1 amide bonds. The number of fused-ring (bicyclic) bond motifs is 1. The number of anilines is 2. The highest BCUT2D eigenvalue weighted by Gasteiger charge is 2.33. The number of halogens is 1. The van der Waals surface area contributed by atoms with Crippen molar-refractivity contribution in [2.45, 2.75) is 70.1 Å². The van der Waals surface area contributed by atoms with E-state index in [0.29, 0.717) is 30.4 Å². The number of nitrogens with zero attached hydrogens (tertiary/aromatic N) is 8. The topological polar surface area (TPSA) is 108 Å². The number of piperidine rings is 1. The maximum Gasteiger partial charge on any atom is 0.261 e. The van der Waals surface area contributed by atoms with Gasteiger partial charge in [0.2, 0.25) is 5.95 Å². The summed E-state index contributed by atoms with van der Waals surface area (Å²) in [6, 6.07) is 8.44. The first-order valence-corrected chi connectivity index (χ1v) is 16.9. The van der Waals surface area contributed by atoms with Gasteiger partial charge in [0.1, 0.15) is 5.69 Å². The fraction of sp³-hybridized carbons (Fsp3) is 0.543. The maximum atomic E-state index is 15.8. The second-order valence-electron chi connectivity index (χ2n) is 14.0. The zero-order valence-corrected chi connectivity index (χ0v) is 27.9. The predicted octanol–water partition coefficient (Wildman–Crippen LogP) is 4.61. The molecule has 0 unspecified atom stereocenters. The first-order chi connectivity index (χ1) is 22.6. The number of likely N-dealkylation sites (N-methyl/N-ethyl adjacent to an activating group) is 1. The highest BCUT2D eigenvalue weighted by molar-refractivity contribution is 6.05. The molecular weight excluding hydrogens is 597 g/mol. The third-order valence-electron chi connectivity index (χ3n) is 10.8. The number of imidazole rings is 1. The smallest absolute Gasteiger partial charge is 0.261 e. The van der Waals surface area contributed by atoms with E-state index in [1.54, 1.807) is 17.9 Å². The third-order valence-corrected chi connectivity index (χ3v) is 10.8. The van der Waals surface area contributed by atoms with Crippen LogP contribution in [0.3, 0.4) is 0 Å². The van der Waals surface area contributed by atoms with Gasteiger partial charge in [-0.25, -0.2) is 9.37 Å². The van der Waals surface area contributed by atoms with E-state index in [1.807, 2.05) is 13.8 Å². The fourth-order valence-corrected chi connectivity index (χ4v) is 7.61. The Morgan fingerprint density at radius 2 is 1.72 bits per heavy atom. The summed E-state index contributed by atoms with van der Waals surface area (Å²) in [4.78, 5) is 30.4. The first-order valence-electron chi connectivity index (χ1n) is 16.9. The van der Waals surface area contributed by atoms with E-state index in [9.17, 15) is 9.90 Å². The Balaban J connectivity index is 1.16. The minimum absolute atomic E-state index is 0.0385. The van der Waals surface area contributed by atoms with Crippen LogP contribution >= 0.6 is 0 Å². The van der Waals surface area contributed by atoms with Crippen LogP contribution in [0.25, 0.3) is 22.3 Å². The summed E-state index contributed by atoms with van der Waals surface area (Å²) in [5.41, 5.74) is 3.41. The zero-order valence-electron chi connectivity index (χ0n) is 27.9. The summed E-state index contributed by atoms with van der Waals surface area (Å²) in [7, 11) is 3.98. The van der Waals surface area contributed by atoms with Crippen molar-refractivity contribution in [3.8, 4) is 11.3 Å². The number of nitrogens with one attached hydrogen (secondary N) is 1. The molecule has 1 aromatic carbocycles. The molecule has 0 spiro atoms. The molecule has 47 heavy (non-hydrogen) atoms. The first kappa shape index (κ1) is 31.7. The lowest BCUT2D eigenvalue weighted by molar-refractivity contribution is 0.0106. The number of rotatable bonds is 6. The molecule has 3 aromatic heterocycles. The van der Waals surface area contributed by atoms with E-state index in [4.69, 9.17) is 4.98 Å². The van der Waals surface area contributed by atoms with Gasteiger partial charge in [0.05, 0.1) is 28.4 Å². The monoisotopic (exact) mass is 643 g/mol. The van der Waals surface area contributed by atoms with E-state index in [0.717, 1.165) is 87.4 Å². The summed E-state index contributed by atoms with van der Waals surface area (Å²) in [6.07, 6.45) is 8.08. The van der Waals surface area contributed by atoms with Gasteiger partial charge < -0.3 is 19.5 Å². The van der Waals surface area contributed by atoms with Crippen molar-refractivity contribution in [3.05, 3.63) is 53.7 Å². The van der Waals surface area contributed by atoms with E-state index in [1.165, 1.54) is 12.3 Å². The van der Waals surface area contributed by atoms with Gasteiger partial charge >= 0.3 is 0 Å². The van der Waals surface area contributed by atoms with Crippen molar-refractivity contribution in [1.29, 1.82) is 0 Å². The molecule has 4 aromatic rings. The number of piperazine rings is 1. The molecule has 3 aliphatic rings. The summed E-state index contributed by atoms with van der Waals surface area (Å²) in [6.45, 7) is 10.3. The van der Waals surface area contributed by atoms with Crippen LogP contribution in [0.4, 0.5) is 16.0 Å². The average Bonchev–Trinajstić information content (AvgIpc) is 3.59. The number of aliphatic hydroxyl groups is 1. The van der Waals surface area contributed by atoms with Crippen LogP contribution in [0.2, 0.25) is 0 Å². The molecule has 250 valence electrons. The molecule has 7 rings (SSSR count). The largest absolute Gasteiger partial charge is 0.390 e. The lowest BCUT2D eigenvalue weighted by Gasteiger charge is -2.42. The van der Waals surface area contributed by atoms with Gasteiger partial charge in [0.15, 0.2) is 5.82 Å². The molecule has 11 nitrogen and oxygen atoms in total. The van der Waals surface area contributed by atoms with Crippen molar-refractivity contribution in [2.75, 3.05) is 56.5 Å². The molecule has 5 heterocycles. The zero-order chi connectivity index (χ0) is 32.9. The molecule has 0 atom stereocenters. The molecule has 1 aliphatic carbocycles. The summed E-state index contributed by atoms with van der Waals surface area (Å²) < 4.78 is 19.6. The molecule has 1 saturated carbocycles. The third kappa shape index (κ3) is 6.26. The summed E-state index contributed by atoms with van der Waals surface area (Å²) in [5, 5.41) is 17.8. The molecule has 0 radical (unpaired) electrons. The normalized spacial score (nSPS) is 23.4. The molecular formula is C35H46FN9O2. The summed E-state index contributed by atoms with van der Waals surface area (Å²) >= 11 is 0. The Hall–Kier alpha value is -3.87. The van der Waals surface area contributed by atoms with Gasteiger partial charge in [-0.2, -0.15) is 5.10 Å². The SMILES string of the molecule is Cc1c(-c2nccc(C(=O)Nc3nc4cc(N5CCC(N6CCN(C)CC6)CC5)ccc4n3[C@H]3CC[C@@](C)(O)CC3)c2F)cnn1C. The quantitative estimate of drug-likeness (QED) is 0.314. The van der Waals surface area contributed by atoms with Crippen LogP contribution in [0.5, 0.6) is 0 Å². The van der Waals surface area contributed by atoms with Crippen molar-refractivity contribution in [1.82, 2.24) is 34.1 Å². The number of aryl methyl sites for hydroxylation is 1. The number of carbonyl (C=O) groups excluding carboxylic acids is 1. The lowest BCUT2D eigenvalue weighted by Crippen LogP contribution is -2.52. The maximum absolute atomic E-state index is 15.8. The van der Waals surface area contributed by atoms with Crippen LogP contribution in [0.15, 0.2) is 36.7 Å². The second-order valence-corrected chi connectivity index (χ2v) is 14.0. The van der Waals surface area contributed by atoms with Crippen molar-refractivity contribution in [2.24, 2.45) is 7.05 Å². The van der Waals surface area contributed by atoms with Crippen LogP contribution in [0, 0.1) is 12.7 Å². The Morgan fingerprint density at radius 3 is 2.40 bits per heavy atom. The Kier molecular flexibility index (Phi) is 8.52. The van der Waals surface area contributed by atoms with Gasteiger partial charge in [-0.3, -0.25) is 24.7 Å². The predicted molar refractivity (Wildman–Crippen MR) is 181 cm³/mol. The van der Waals surface area contributed by atoms with E-state index in [-0.39, 0.29) is 17.3 Å². The van der Waals surface area contributed by atoms with Gasteiger partial charge in [-0.05, 0) is 83.7 Å². The number of amides is 1. The van der Waals surface area contributed by atoms with Crippen LogP contribution in [0.1, 0.15) is 67.5 Å². The number of carbonyl (C=O) groups is 1. The number of aromatic nitrogens is 5. The summed E-state index contributed by atoms with van der Waals surface area (Å²) in [5.74, 6) is -0.893. The Bertz CT molecular complexity index is 1760. The van der Waals surface area contributed by atoms with Crippen LogP contribution in [-0.4, -0.2) is 103 Å². The molecule has 0 bridgehead atoms. The number of pyridine rings is 1. The van der Waals surface area contributed by atoms with Crippen LogP contribution < -0.4 is 10.2 Å². The molecule has 3 fully saturated rings. The van der Waals surface area contributed by atoms with Gasteiger partial charge in [0.25, 0.3) is 5.91 Å². The number of hydrogen-bond donors (Lipinski definition) is 2. The average molecular weight is 644 g/mol. The number of benzene rings is 1. The van der Waals surface area contributed by atoms with Crippen molar-refractivity contribution in [3.63, 3.8) is 0 Å². The highest BCUT2D eigenvalue weighted by Crippen LogP contribution is 2.39. The number of hydrogen-bond acceptors (Lipinski definition) is 8. The van der Waals surface area contributed by atoms with E-state index in [2.05, 4.69) is 59.9 Å². The van der Waals surface area contributed by atoms with Crippen molar-refractivity contribution >= 4 is 28.6 Å². The minimum Gasteiger partial charge on any atom is -0.390 e. The molecule has 2 saturated heterocycles. The molecule has 12 heteroatoms.